The zero-order valence-corrected chi connectivity index (χ0v) is 16.2. The van der Waals surface area contributed by atoms with Crippen LogP contribution in [-0.4, -0.2) is 56.2 Å². The summed E-state index contributed by atoms with van der Waals surface area (Å²) in [5.41, 5.74) is -2.69. The van der Waals surface area contributed by atoms with Crippen LogP contribution in [0.1, 0.15) is 24.0 Å². The number of alkyl halides is 4. The number of carbonyl (C=O) groups is 1. The molecule has 31 heavy (non-hydrogen) atoms. The molecule has 0 unspecified atom stereocenters. The van der Waals surface area contributed by atoms with E-state index in [4.69, 9.17) is 5.11 Å². The average Bonchev–Trinajstić information content (AvgIpc) is 2.70. The molecule has 0 saturated carbocycles. The standard InChI is InChI=1S/C16H15B2F4NO7S/c19-15(20)8-1-10(17(26)27)5-12(3-8)31(30,23-7-14(24)25)13-4-9(16(21)22)2-11(6-13)18(28)29/h1-6,15-16,26-29H,7H2,(H,24,25). The quantitative estimate of drug-likeness (QED) is 0.271. The fraction of sp³-hybridized carbons (Fsp3) is 0.188. The van der Waals surface area contributed by atoms with E-state index in [-0.39, 0.29) is 0 Å². The lowest BCUT2D eigenvalue weighted by Crippen LogP contribution is -2.32. The van der Waals surface area contributed by atoms with Gasteiger partial charge in [-0.15, -0.1) is 0 Å². The third kappa shape index (κ3) is 5.83. The lowest BCUT2D eigenvalue weighted by Gasteiger charge is -2.16. The number of halogens is 4. The van der Waals surface area contributed by atoms with Crippen molar-refractivity contribution in [1.29, 1.82) is 0 Å². The molecule has 0 fully saturated rings. The van der Waals surface area contributed by atoms with E-state index in [1.54, 1.807) is 0 Å². The van der Waals surface area contributed by atoms with Gasteiger partial charge in [0.05, 0.1) is 9.79 Å². The highest BCUT2D eigenvalue weighted by Crippen LogP contribution is 2.29. The predicted octanol–water partition coefficient (Wildman–Crippen LogP) is -0.108. The van der Waals surface area contributed by atoms with E-state index in [9.17, 15) is 46.7 Å². The highest BCUT2D eigenvalue weighted by molar-refractivity contribution is 7.93. The number of carboxylic acid groups (broad SMARTS) is 1. The van der Waals surface area contributed by atoms with Crippen LogP contribution in [0, 0.1) is 0 Å². The Morgan fingerprint density at radius 1 is 0.839 bits per heavy atom. The van der Waals surface area contributed by atoms with Crippen molar-refractivity contribution in [2.45, 2.75) is 22.6 Å². The monoisotopic (exact) mass is 463 g/mol. The van der Waals surface area contributed by atoms with Crippen LogP contribution in [0.5, 0.6) is 0 Å². The van der Waals surface area contributed by atoms with Gasteiger partial charge in [0.25, 0.3) is 12.9 Å². The molecule has 0 aliphatic rings. The van der Waals surface area contributed by atoms with Crippen molar-refractivity contribution in [3.05, 3.63) is 47.5 Å². The summed E-state index contributed by atoms with van der Waals surface area (Å²) in [5, 5.41) is 46.4. The van der Waals surface area contributed by atoms with E-state index in [0.717, 1.165) is 12.1 Å². The first kappa shape index (κ1) is 24.8. The largest absolute Gasteiger partial charge is 0.488 e. The minimum atomic E-state index is -4.23. The number of aliphatic carboxylic acids is 1. The predicted molar refractivity (Wildman–Crippen MR) is 102 cm³/mol. The highest BCUT2D eigenvalue weighted by Gasteiger charge is 2.26. The van der Waals surface area contributed by atoms with Gasteiger partial charge in [-0.05, 0) is 35.2 Å². The first-order valence-corrected chi connectivity index (χ1v) is 9.89. The van der Waals surface area contributed by atoms with Crippen LogP contribution in [-0.2, 0) is 14.5 Å². The first-order valence-electron chi connectivity index (χ1n) is 8.38. The minimum absolute atomic E-state index is 0.529. The Morgan fingerprint density at radius 2 is 1.23 bits per heavy atom. The maximum atomic E-state index is 13.7. The summed E-state index contributed by atoms with van der Waals surface area (Å²) < 4.78 is 70.4. The maximum absolute atomic E-state index is 13.7. The van der Waals surface area contributed by atoms with E-state index in [0.29, 0.717) is 24.3 Å². The minimum Gasteiger partial charge on any atom is -0.480 e. The van der Waals surface area contributed by atoms with Gasteiger partial charge in [-0.25, -0.2) is 26.1 Å². The molecule has 5 N–H and O–H groups in total. The third-order valence-electron chi connectivity index (χ3n) is 4.02. The molecule has 2 aromatic carbocycles. The second-order valence-corrected chi connectivity index (χ2v) is 8.48. The van der Waals surface area contributed by atoms with Gasteiger partial charge in [-0.3, -0.25) is 4.79 Å². The molecule has 0 amide bonds. The van der Waals surface area contributed by atoms with Crippen molar-refractivity contribution in [3.8, 4) is 0 Å². The molecule has 2 aromatic rings. The fourth-order valence-electron chi connectivity index (χ4n) is 2.59. The van der Waals surface area contributed by atoms with Gasteiger partial charge < -0.3 is 25.2 Å². The second kappa shape index (κ2) is 9.78. The van der Waals surface area contributed by atoms with Crippen molar-refractivity contribution in [1.82, 2.24) is 0 Å². The van der Waals surface area contributed by atoms with Gasteiger partial charge in [-0.2, -0.15) is 0 Å². The van der Waals surface area contributed by atoms with Crippen LogP contribution in [0.15, 0.2) is 50.6 Å². The summed E-state index contributed by atoms with van der Waals surface area (Å²) in [6.07, 6.45) is -6.33. The molecular formula is C16H15B2F4NO7S. The van der Waals surface area contributed by atoms with Crippen molar-refractivity contribution >= 4 is 40.9 Å². The Balaban J connectivity index is 2.92. The molecule has 0 aliphatic carbocycles. The van der Waals surface area contributed by atoms with Crippen LogP contribution in [0.25, 0.3) is 0 Å². The van der Waals surface area contributed by atoms with Crippen molar-refractivity contribution < 1.29 is 51.8 Å². The highest BCUT2D eigenvalue weighted by atomic mass is 32.2. The molecular weight excluding hydrogens is 448 g/mol. The Kier molecular flexibility index (Phi) is 7.83. The van der Waals surface area contributed by atoms with Gasteiger partial charge in [0.2, 0.25) is 0 Å². The maximum Gasteiger partial charge on any atom is 0.488 e. The molecule has 15 heteroatoms. The number of carboxylic acids is 1. The molecule has 0 heterocycles. The van der Waals surface area contributed by atoms with Crippen LogP contribution in [0.4, 0.5) is 17.6 Å². The number of benzene rings is 2. The SMILES string of the molecule is O=C(O)CN=S(=O)(c1cc(B(O)O)cc(C(F)F)c1)c1cc(B(O)O)cc(C(F)F)c1. The zero-order valence-electron chi connectivity index (χ0n) is 15.4. The lowest BCUT2D eigenvalue weighted by molar-refractivity contribution is -0.135. The molecule has 0 saturated heterocycles. The molecule has 0 aliphatic heterocycles. The van der Waals surface area contributed by atoms with E-state index in [2.05, 4.69) is 4.36 Å². The number of hydrogen-bond acceptors (Lipinski definition) is 7. The number of hydrogen-bond donors (Lipinski definition) is 5. The topological polar surface area (TPSA) is 148 Å². The Labute approximate surface area is 174 Å². The first-order chi connectivity index (χ1) is 14.3. The van der Waals surface area contributed by atoms with Crippen LogP contribution in [0.3, 0.4) is 0 Å². The molecule has 0 spiro atoms. The Hall–Kier alpha value is -2.45. The van der Waals surface area contributed by atoms with E-state index >= 15 is 0 Å². The van der Waals surface area contributed by atoms with Crippen LogP contribution in [0.2, 0.25) is 0 Å². The van der Waals surface area contributed by atoms with E-state index < -0.39 is 81.2 Å². The van der Waals surface area contributed by atoms with Gasteiger partial charge in [0, 0.05) is 11.1 Å². The molecule has 0 bridgehead atoms. The van der Waals surface area contributed by atoms with E-state index in [1.165, 1.54) is 0 Å². The van der Waals surface area contributed by atoms with Gasteiger partial charge in [0.1, 0.15) is 16.3 Å². The molecule has 0 atom stereocenters. The fourth-order valence-corrected chi connectivity index (χ4v) is 4.64. The van der Waals surface area contributed by atoms with Crippen molar-refractivity contribution in [2.75, 3.05) is 6.54 Å². The summed E-state index contributed by atoms with van der Waals surface area (Å²) >= 11 is 0. The summed E-state index contributed by atoms with van der Waals surface area (Å²) in [4.78, 5) is 9.77. The molecule has 166 valence electrons. The summed E-state index contributed by atoms with van der Waals surface area (Å²) in [7, 11) is -8.78. The zero-order chi connectivity index (χ0) is 23.5. The number of nitrogens with zero attached hydrogens (tertiary/aromatic N) is 1. The summed E-state index contributed by atoms with van der Waals surface area (Å²) in [6, 6.07) is 4.33. The van der Waals surface area contributed by atoms with E-state index in [1.807, 2.05) is 0 Å². The van der Waals surface area contributed by atoms with Crippen LogP contribution >= 0.6 is 0 Å². The normalized spacial score (nSPS) is 11.7. The van der Waals surface area contributed by atoms with Gasteiger partial charge in [0.15, 0.2) is 0 Å². The molecule has 0 aromatic heterocycles. The number of rotatable bonds is 8. The summed E-state index contributed by atoms with van der Waals surface area (Å²) in [6.45, 7) is -1.12. The van der Waals surface area contributed by atoms with Crippen molar-refractivity contribution in [2.24, 2.45) is 4.36 Å². The van der Waals surface area contributed by atoms with Gasteiger partial charge in [-0.1, -0.05) is 12.1 Å². The van der Waals surface area contributed by atoms with Gasteiger partial charge >= 0.3 is 20.2 Å². The lowest BCUT2D eigenvalue weighted by atomic mass is 9.79. The average molecular weight is 463 g/mol. The molecule has 2 rings (SSSR count). The molecule has 0 radical (unpaired) electrons. The molecule has 8 nitrogen and oxygen atoms in total. The Morgan fingerprint density at radius 3 is 1.52 bits per heavy atom. The van der Waals surface area contributed by atoms with Crippen LogP contribution < -0.4 is 10.9 Å². The smallest absolute Gasteiger partial charge is 0.480 e. The summed E-state index contributed by atoms with van der Waals surface area (Å²) in [5.74, 6) is -1.58. The Bertz CT molecular complexity index is 970. The van der Waals surface area contributed by atoms with Crippen molar-refractivity contribution in [3.63, 3.8) is 0 Å². The third-order valence-corrected chi connectivity index (χ3v) is 6.27. The second-order valence-electron chi connectivity index (χ2n) is 6.23.